The van der Waals surface area contributed by atoms with Gasteiger partial charge in [-0.1, -0.05) is 55.4 Å². The molecule has 0 amide bonds. The van der Waals surface area contributed by atoms with Crippen molar-refractivity contribution in [3.8, 4) is 0 Å². The highest BCUT2D eigenvalue weighted by atomic mass is 28.4. The molecule has 1 N–H and O–H groups in total. The predicted octanol–water partition coefficient (Wildman–Crippen LogP) is 7.22. The van der Waals surface area contributed by atoms with Gasteiger partial charge >= 0.3 is 0 Å². The van der Waals surface area contributed by atoms with Crippen molar-refractivity contribution >= 4 is 16.6 Å². The summed E-state index contributed by atoms with van der Waals surface area (Å²) in [6.45, 7) is 30.0. The van der Waals surface area contributed by atoms with E-state index in [1.807, 2.05) is 0 Å². The fourth-order valence-electron chi connectivity index (χ4n) is 3.17. The normalized spacial score (nSPS) is 17.7. The summed E-state index contributed by atoms with van der Waals surface area (Å²) in [7, 11) is -3.67. The minimum atomic E-state index is -1.88. The van der Waals surface area contributed by atoms with Crippen LogP contribution in [0.2, 0.25) is 36.3 Å². The van der Waals surface area contributed by atoms with E-state index in [4.69, 9.17) is 8.85 Å². The third kappa shape index (κ3) is 9.42. The Morgan fingerprint density at radius 2 is 1.14 bits per heavy atom. The summed E-state index contributed by atoms with van der Waals surface area (Å²) in [6, 6.07) is 0. The number of rotatable bonds is 11. The van der Waals surface area contributed by atoms with Crippen LogP contribution in [0, 0.1) is 11.8 Å². The number of aliphatic hydroxyl groups excluding tert-OH is 1. The Bertz CT molecular complexity index is 448. The van der Waals surface area contributed by atoms with Crippen molar-refractivity contribution in [1.82, 2.24) is 0 Å². The molecule has 0 rings (SSSR count). The quantitative estimate of drug-likeness (QED) is 0.350. The van der Waals surface area contributed by atoms with Gasteiger partial charge in [0.1, 0.15) is 0 Å². The minimum Gasteiger partial charge on any atom is -0.414 e. The molecule has 0 aliphatic heterocycles. The molecule has 0 heterocycles. The zero-order valence-corrected chi connectivity index (χ0v) is 23.4. The van der Waals surface area contributed by atoms with Crippen LogP contribution >= 0.6 is 0 Å². The van der Waals surface area contributed by atoms with E-state index in [1.54, 1.807) is 0 Å². The summed E-state index contributed by atoms with van der Waals surface area (Å²) in [5.41, 5.74) is 0. The summed E-state index contributed by atoms with van der Waals surface area (Å²) in [6.07, 6.45) is 3.20. The first kappa shape index (κ1) is 28.3. The fraction of sp³-hybridized carbons (Fsp3) is 1.00. The van der Waals surface area contributed by atoms with E-state index in [2.05, 4.69) is 88.5 Å². The summed E-state index contributed by atoms with van der Waals surface area (Å²) >= 11 is 0. The lowest BCUT2D eigenvalue weighted by Crippen LogP contribution is -2.47. The molecule has 3 atom stereocenters. The average Bonchev–Trinajstić information content (AvgIpc) is 2.42. The zero-order valence-electron chi connectivity index (χ0n) is 21.4. The first-order chi connectivity index (χ1) is 12.3. The topological polar surface area (TPSA) is 38.7 Å². The molecular formula is C23H52O3Si2. The molecule has 0 fully saturated rings. The lowest BCUT2D eigenvalue weighted by atomic mass is 9.91. The van der Waals surface area contributed by atoms with E-state index in [9.17, 15) is 5.11 Å². The third-order valence-corrected chi connectivity index (χ3v) is 16.0. The molecule has 0 spiro atoms. The first-order valence-corrected chi connectivity index (χ1v) is 17.1. The van der Waals surface area contributed by atoms with Crippen molar-refractivity contribution in [2.45, 2.75) is 130 Å². The van der Waals surface area contributed by atoms with Gasteiger partial charge in [-0.25, -0.2) is 0 Å². The maximum absolute atomic E-state index is 9.94. The molecule has 0 saturated carbocycles. The minimum absolute atomic E-state index is 0.150. The maximum atomic E-state index is 9.94. The highest BCUT2D eigenvalue weighted by Crippen LogP contribution is 2.40. The van der Waals surface area contributed by atoms with Crippen LogP contribution < -0.4 is 0 Å². The SMILES string of the molecule is CC(C)C[C@@H](CO)C[C@H](C[C@@H](C)O[Si](C)(C)C(C)(C)C)O[Si](C)(C)C(C)(C)C. The van der Waals surface area contributed by atoms with Gasteiger partial charge < -0.3 is 14.0 Å². The Morgan fingerprint density at radius 1 is 0.714 bits per heavy atom. The molecule has 0 aromatic rings. The standard InChI is InChI=1S/C23H52O3Si2/c1-18(2)14-20(17-24)16-21(26-28(12,13)23(7,8)9)15-19(3)25-27(10,11)22(4,5)6/h18-21,24H,14-17H2,1-13H3/t19-,20-,21+/m1/s1. The Morgan fingerprint density at radius 3 is 1.50 bits per heavy atom. The van der Waals surface area contributed by atoms with Gasteiger partial charge in [-0.05, 0) is 74.3 Å². The van der Waals surface area contributed by atoms with Crippen LogP contribution in [-0.4, -0.2) is 40.6 Å². The number of aliphatic hydroxyl groups is 1. The zero-order chi connectivity index (χ0) is 22.6. The largest absolute Gasteiger partial charge is 0.414 e. The fourth-order valence-corrected chi connectivity index (χ4v) is 6.00. The lowest BCUT2D eigenvalue weighted by molar-refractivity contribution is 0.0694. The van der Waals surface area contributed by atoms with Gasteiger partial charge in [-0.15, -0.1) is 0 Å². The lowest BCUT2D eigenvalue weighted by Gasteiger charge is -2.42. The molecule has 3 nitrogen and oxygen atoms in total. The van der Waals surface area contributed by atoms with Gasteiger partial charge in [-0.3, -0.25) is 0 Å². The van der Waals surface area contributed by atoms with Crippen molar-refractivity contribution in [2.75, 3.05) is 6.61 Å². The molecule has 0 bridgehead atoms. The van der Waals surface area contributed by atoms with Gasteiger partial charge in [0.25, 0.3) is 0 Å². The number of hydrogen-bond donors (Lipinski definition) is 1. The van der Waals surface area contributed by atoms with Crippen molar-refractivity contribution < 1.29 is 14.0 Å². The molecule has 0 aromatic heterocycles. The van der Waals surface area contributed by atoms with Crippen LogP contribution in [0.5, 0.6) is 0 Å². The molecule has 0 saturated heterocycles. The van der Waals surface area contributed by atoms with Crippen LogP contribution in [0.4, 0.5) is 0 Å². The van der Waals surface area contributed by atoms with Crippen molar-refractivity contribution in [3.05, 3.63) is 0 Å². The molecule has 0 radical (unpaired) electrons. The average molecular weight is 433 g/mol. The van der Waals surface area contributed by atoms with E-state index in [0.717, 1.165) is 19.3 Å². The van der Waals surface area contributed by atoms with Gasteiger partial charge in [0, 0.05) is 18.8 Å². The van der Waals surface area contributed by atoms with Crippen LogP contribution in [0.3, 0.4) is 0 Å². The highest BCUT2D eigenvalue weighted by molar-refractivity contribution is 6.74. The van der Waals surface area contributed by atoms with E-state index >= 15 is 0 Å². The molecule has 0 unspecified atom stereocenters. The Balaban J connectivity index is 5.37. The molecular weight excluding hydrogens is 380 g/mol. The van der Waals surface area contributed by atoms with E-state index in [1.165, 1.54) is 0 Å². The molecule has 0 aliphatic carbocycles. The second-order valence-corrected chi connectivity index (χ2v) is 21.9. The highest BCUT2D eigenvalue weighted by Gasteiger charge is 2.41. The molecule has 0 aliphatic rings. The van der Waals surface area contributed by atoms with E-state index < -0.39 is 16.6 Å². The number of hydrogen-bond acceptors (Lipinski definition) is 3. The smallest absolute Gasteiger partial charge is 0.192 e. The van der Waals surface area contributed by atoms with Gasteiger partial charge in [0.2, 0.25) is 0 Å². The van der Waals surface area contributed by atoms with Crippen LogP contribution in [0.25, 0.3) is 0 Å². The van der Waals surface area contributed by atoms with Crippen LogP contribution in [0.15, 0.2) is 0 Å². The molecule has 5 heteroatoms. The predicted molar refractivity (Wildman–Crippen MR) is 129 cm³/mol. The van der Waals surface area contributed by atoms with E-state index in [-0.39, 0.29) is 28.9 Å². The summed E-state index contributed by atoms with van der Waals surface area (Å²) in [4.78, 5) is 0. The molecule has 170 valence electrons. The monoisotopic (exact) mass is 432 g/mol. The Kier molecular flexibility index (Phi) is 10.7. The van der Waals surface area contributed by atoms with Gasteiger partial charge in [0.05, 0.1) is 0 Å². The Labute approximate surface area is 179 Å². The Hall–Kier alpha value is 0.314. The van der Waals surface area contributed by atoms with Crippen molar-refractivity contribution in [3.63, 3.8) is 0 Å². The molecule has 0 aromatic carbocycles. The van der Waals surface area contributed by atoms with Gasteiger partial charge in [0.15, 0.2) is 16.6 Å². The summed E-state index contributed by atoms with van der Waals surface area (Å²) in [5, 5.41) is 10.3. The second-order valence-electron chi connectivity index (χ2n) is 12.3. The van der Waals surface area contributed by atoms with Gasteiger partial charge in [-0.2, -0.15) is 0 Å². The first-order valence-electron chi connectivity index (χ1n) is 11.3. The van der Waals surface area contributed by atoms with E-state index in [0.29, 0.717) is 11.8 Å². The van der Waals surface area contributed by atoms with Crippen molar-refractivity contribution in [2.24, 2.45) is 11.8 Å². The maximum Gasteiger partial charge on any atom is 0.192 e. The van der Waals surface area contributed by atoms with Crippen molar-refractivity contribution in [1.29, 1.82) is 0 Å². The summed E-state index contributed by atoms with van der Waals surface area (Å²) < 4.78 is 13.5. The van der Waals surface area contributed by atoms with Crippen LogP contribution in [-0.2, 0) is 8.85 Å². The molecule has 28 heavy (non-hydrogen) atoms. The third-order valence-electron chi connectivity index (χ3n) is 6.82. The summed E-state index contributed by atoms with van der Waals surface area (Å²) in [5.74, 6) is 0.890. The van der Waals surface area contributed by atoms with Crippen LogP contribution in [0.1, 0.15) is 81.6 Å². The second kappa shape index (κ2) is 10.6.